The molecular weight excluding hydrogens is 240 g/mol. The van der Waals surface area contributed by atoms with Gasteiger partial charge in [0.15, 0.2) is 11.5 Å². The molecule has 0 bridgehead atoms. The summed E-state index contributed by atoms with van der Waals surface area (Å²) in [5.74, 6) is -2.34. The van der Waals surface area contributed by atoms with Crippen LogP contribution in [0.15, 0.2) is 18.2 Å². The first-order valence-electron chi connectivity index (χ1n) is 5.60. The second-order valence-electron chi connectivity index (χ2n) is 4.73. The average Bonchev–Trinajstić information content (AvgIpc) is 2.37. The highest BCUT2D eigenvalue weighted by atomic mass is 19.3. The summed E-state index contributed by atoms with van der Waals surface area (Å²) in [4.78, 5) is 0. The third kappa shape index (κ3) is 2.41. The highest BCUT2D eigenvalue weighted by Crippen LogP contribution is 2.46. The maximum Gasteiger partial charge on any atom is 0.279 e. The third-order valence-electron chi connectivity index (χ3n) is 3.11. The summed E-state index contributed by atoms with van der Waals surface area (Å²) in [6.07, 6.45) is 0. The van der Waals surface area contributed by atoms with Crippen LogP contribution in [0.4, 0.5) is 8.78 Å². The Morgan fingerprint density at radius 1 is 1.11 bits per heavy atom. The second-order valence-corrected chi connectivity index (χ2v) is 4.73. The van der Waals surface area contributed by atoms with E-state index in [0.717, 1.165) is 0 Å². The number of methoxy groups -OCH3 is 2. The Balaban J connectivity index is 3.25. The van der Waals surface area contributed by atoms with Gasteiger partial charge in [-0.25, -0.2) is 8.78 Å². The van der Waals surface area contributed by atoms with Crippen molar-refractivity contribution in [1.29, 1.82) is 0 Å². The van der Waals surface area contributed by atoms with Crippen LogP contribution in [0, 0.1) is 5.41 Å². The monoisotopic (exact) mass is 259 g/mol. The number of ether oxygens (including phenoxy) is 2. The van der Waals surface area contributed by atoms with Crippen LogP contribution < -0.4 is 15.2 Å². The molecule has 3 nitrogen and oxygen atoms in total. The van der Waals surface area contributed by atoms with Crippen molar-refractivity contribution in [2.75, 3.05) is 20.8 Å². The lowest BCUT2D eigenvalue weighted by Crippen LogP contribution is -2.40. The van der Waals surface area contributed by atoms with Gasteiger partial charge in [0, 0.05) is 17.5 Å². The minimum atomic E-state index is -3.04. The van der Waals surface area contributed by atoms with Gasteiger partial charge >= 0.3 is 0 Å². The van der Waals surface area contributed by atoms with E-state index in [1.54, 1.807) is 0 Å². The normalized spacial score (nSPS) is 12.4. The molecule has 0 atom stereocenters. The van der Waals surface area contributed by atoms with Crippen molar-refractivity contribution in [2.45, 2.75) is 19.8 Å². The van der Waals surface area contributed by atoms with Crippen molar-refractivity contribution >= 4 is 0 Å². The summed E-state index contributed by atoms with van der Waals surface area (Å²) >= 11 is 0. The summed E-state index contributed by atoms with van der Waals surface area (Å²) in [7, 11) is 2.87. The quantitative estimate of drug-likeness (QED) is 0.884. The van der Waals surface area contributed by atoms with Crippen molar-refractivity contribution in [2.24, 2.45) is 11.1 Å². The molecule has 0 fully saturated rings. The van der Waals surface area contributed by atoms with Gasteiger partial charge in [-0.1, -0.05) is 13.8 Å². The SMILES string of the molecule is COc1ccc(C(F)(F)C(C)(C)CN)cc1OC. The van der Waals surface area contributed by atoms with Crippen LogP contribution in [0.1, 0.15) is 19.4 Å². The van der Waals surface area contributed by atoms with Crippen molar-refractivity contribution < 1.29 is 18.3 Å². The van der Waals surface area contributed by atoms with Gasteiger partial charge in [-0.05, 0) is 18.2 Å². The van der Waals surface area contributed by atoms with Gasteiger partial charge in [0.25, 0.3) is 5.92 Å². The molecule has 0 amide bonds. The van der Waals surface area contributed by atoms with Crippen LogP contribution >= 0.6 is 0 Å². The molecule has 0 aromatic heterocycles. The molecule has 5 heteroatoms. The Labute approximate surface area is 106 Å². The highest BCUT2D eigenvalue weighted by Gasteiger charge is 2.47. The minimum Gasteiger partial charge on any atom is -0.493 e. The molecule has 102 valence electrons. The molecule has 0 aliphatic rings. The first-order valence-corrected chi connectivity index (χ1v) is 5.60. The van der Waals surface area contributed by atoms with E-state index in [-0.39, 0.29) is 17.9 Å². The van der Waals surface area contributed by atoms with E-state index in [2.05, 4.69) is 0 Å². The third-order valence-corrected chi connectivity index (χ3v) is 3.11. The van der Waals surface area contributed by atoms with Gasteiger partial charge < -0.3 is 15.2 Å². The minimum absolute atomic E-state index is 0.117. The Morgan fingerprint density at radius 3 is 2.11 bits per heavy atom. The lowest BCUT2D eigenvalue weighted by molar-refractivity contribution is -0.108. The van der Waals surface area contributed by atoms with Crippen molar-refractivity contribution in [3.05, 3.63) is 23.8 Å². The Hall–Kier alpha value is -1.36. The number of rotatable bonds is 5. The summed E-state index contributed by atoms with van der Waals surface area (Å²) in [5, 5.41) is 0. The van der Waals surface area contributed by atoms with Gasteiger partial charge in [-0.3, -0.25) is 0 Å². The van der Waals surface area contributed by atoms with Gasteiger partial charge in [-0.2, -0.15) is 0 Å². The average molecular weight is 259 g/mol. The molecule has 0 heterocycles. The molecule has 0 aliphatic carbocycles. The molecule has 18 heavy (non-hydrogen) atoms. The Morgan fingerprint density at radius 2 is 1.67 bits per heavy atom. The van der Waals surface area contributed by atoms with E-state index in [1.807, 2.05) is 0 Å². The summed E-state index contributed by atoms with van der Waals surface area (Å²) in [6.45, 7) is 2.75. The first kappa shape index (κ1) is 14.7. The van der Waals surface area contributed by atoms with Crippen LogP contribution in [0.2, 0.25) is 0 Å². The van der Waals surface area contributed by atoms with Crippen molar-refractivity contribution in [1.82, 2.24) is 0 Å². The number of alkyl halides is 2. The van der Waals surface area contributed by atoms with E-state index >= 15 is 0 Å². The van der Waals surface area contributed by atoms with Gasteiger partial charge in [-0.15, -0.1) is 0 Å². The Bertz CT molecular complexity index is 419. The van der Waals surface area contributed by atoms with Crippen LogP contribution in [0.3, 0.4) is 0 Å². The molecule has 0 aliphatic heterocycles. The molecule has 1 aromatic carbocycles. The summed E-state index contributed by atoms with van der Waals surface area (Å²) in [6, 6.07) is 4.09. The summed E-state index contributed by atoms with van der Waals surface area (Å²) in [5.41, 5.74) is 3.96. The van der Waals surface area contributed by atoms with E-state index in [1.165, 1.54) is 46.3 Å². The smallest absolute Gasteiger partial charge is 0.279 e. The van der Waals surface area contributed by atoms with E-state index in [4.69, 9.17) is 15.2 Å². The van der Waals surface area contributed by atoms with E-state index in [9.17, 15) is 8.78 Å². The van der Waals surface area contributed by atoms with Crippen LogP contribution in [0.25, 0.3) is 0 Å². The molecule has 0 unspecified atom stereocenters. The largest absolute Gasteiger partial charge is 0.493 e. The fraction of sp³-hybridized carbons (Fsp3) is 0.538. The maximum absolute atomic E-state index is 14.3. The van der Waals surface area contributed by atoms with Crippen LogP contribution in [-0.4, -0.2) is 20.8 Å². The molecule has 0 spiro atoms. The van der Waals surface area contributed by atoms with Crippen molar-refractivity contribution in [3.8, 4) is 11.5 Å². The fourth-order valence-corrected chi connectivity index (χ4v) is 1.55. The molecule has 1 rings (SSSR count). The van der Waals surface area contributed by atoms with Crippen LogP contribution in [0.5, 0.6) is 11.5 Å². The number of hydrogen-bond acceptors (Lipinski definition) is 3. The molecule has 1 aromatic rings. The molecule has 2 N–H and O–H groups in total. The highest BCUT2D eigenvalue weighted by molar-refractivity contribution is 5.44. The number of hydrogen-bond donors (Lipinski definition) is 1. The molecular formula is C13H19F2NO2. The predicted molar refractivity (Wildman–Crippen MR) is 66.3 cm³/mol. The molecule has 0 saturated carbocycles. The Kier molecular flexibility index (Phi) is 4.16. The number of nitrogens with two attached hydrogens (primary N) is 1. The molecule has 0 saturated heterocycles. The predicted octanol–water partition coefficient (Wildman–Crippen LogP) is 2.78. The fourth-order valence-electron chi connectivity index (χ4n) is 1.55. The zero-order valence-corrected chi connectivity index (χ0v) is 11.1. The van der Waals surface area contributed by atoms with Gasteiger partial charge in [0.1, 0.15) is 0 Å². The van der Waals surface area contributed by atoms with Gasteiger partial charge in [0.2, 0.25) is 0 Å². The number of halogens is 2. The molecule has 0 radical (unpaired) electrons. The zero-order valence-electron chi connectivity index (χ0n) is 11.1. The van der Waals surface area contributed by atoms with E-state index in [0.29, 0.717) is 5.75 Å². The lowest BCUT2D eigenvalue weighted by Gasteiger charge is -2.33. The number of benzene rings is 1. The topological polar surface area (TPSA) is 44.5 Å². The summed E-state index contributed by atoms with van der Waals surface area (Å²) < 4.78 is 38.7. The lowest BCUT2D eigenvalue weighted by atomic mass is 9.81. The van der Waals surface area contributed by atoms with E-state index < -0.39 is 11.3 Å². The van der Waals surface area contributed by atoms with Crippen LogP contribution in [-0.2, 0) is 5.92 Å². The van der Waals surface area contributed by atoms with Crippen molar-refractivity contribution in [3.63, 3.8) is 0 Å². The second kappa shape index (κ2) is 5.10. The first-order chi connectivity index (χ1) is 8.30. The maximum atomic E-state index is 14.3. The standard InChI is InChI=1S/C13H19F2NO2/c1-12(2,8-16)13(14,15)9-5-6-10(17-3)11(7-9)18-4/h5-7H,8,16H2,1-4H3. The van der Waals surface area contributed by atoms with Gasteiger partial charge in [0.05, 0.1) is 14.2 Å². The zero-order chi connectivity index (χ0) is 14.0.